The van der Waals surface area contributed by atoms with Gasteiger partial charge in [-0.2, -0.15) is 0 Å². The number of nitrogens with one attached hydrogen (secondary N) is 1. The van der Waals surface area contributed by atoms with Crippen molar-refractivity contribution in [2.45, 2.75) is 32.2 Å². The topological polar surface area (TPSA) is 82.2 Å². The van der Waals surface area contributed by atoms with Crippen LogP contribution in [-0.4, -0.2) is 72.4 Å². The van der Waals surface area contributed by atoms with Gasteiger partial charge in [-0.25, -0.2) is 4.79 Å². The second kappa shape index (κ2) is 11.3. The summed E-state index contributed by atoms with van der Waals surface area (Å²) < 4.78 is 5.29. The van der Waals surface area contributed by atoms with E-state index in [2.05, 4.69) is 12.2 Å². The van der Waals surface area contributed by atoms with Crippen LogP contribution in [0, 0.1) is 5.92 Å². The zero-order valence-electron chi connectivity index (χ0n) is 20.5. The summed E-state index contributed by atoms with van der Waals surface area (Å²) in [5.74, 6) is 0.322. The number of benzene rings is 2. The number of carbonyl (C=O) groups excluding carboxylic acids is 3. The van der Waals surface area contributed by atoms with Crippen molar-refractivity contribution in [2.75, 3.05) is 45.2 Å². The summed E-state index contributed by atoms with van der Waals surface area (Å²) in [6.45, 7) is 4.56. The lowest BCUT2D eigenvalue weighted by Gasteiger charge is -2.37. The first-order valence-electron chi connectivity index (χ1n) is 12.3. The number of unbranched alkanes of at least 4 members (excludes halogenated alkanes) is 1. The first-order chi connectivity index (χ1) is 17.0. The average molecular weight is 479 g/mol. The van der Waals surface area contributed by atoms with E-state index in [9.17, 15) is 14.4 Å². The molecule has 0 aliphatic carbocycles. The van der Waals surface area contributed by atoms with E-state index in [1.165, 1.54) is 0 Å². The van der Waals surface area contributed by atoms with E-state index < -0.39 is 5.92 Å². The molecule has 4 amide bonds. The Hall–Kier alpha value is -3.55. The van der Waals surface area contributed by atoms with Crippen LogP contribution in [0.4, 0.5) is 10.5 Å². The summed E-state index contributed by atoms with van der Waals surface area (Å²) in [5, 5.41) is 2.90. The Morgan fingerprint density at radius 3 is 2.26 bits per heavy atom. The van der Waals surface area contributed by atoms with E-state index in [-0.39, 0.29) is 30.3 Å². The van der Waals surface area contributed by atoms with E-state index in [1.807, 2.05) is 64.4 Å². The number of ether oxygens (including phenoxy) is 1. The summed E-state index contributed by atoms with van der Waals surface area (Å²) in [7, 11) is 1.62. The van der Waals surface area contributed by atoms with Gasteiger partial charge in [-0.15, -0.1) is 0 Å². The molecule has 2 aliphatic heterocycles. The zero-order valence-corrected chi connectivity index (χ0v) is 20.5. The number of hydrogen-bond donors (Lipinski definition) is 1. The van der Waals surface area contributed by atoms with Crippen LogP contribution >= 0.6 is 0 Å². The average Bonchev–Trinajstić information content (AvgIpc) is 3.23. The highest BCUT2D eigenvalue weighted by molar-refractivity contribution is 5.91. The molecule has 0 aromatic heterocycles. The predicted octanol–water partition coefficient (Wildman–Crippen LogP) is 3.76. The van der Waals surface area contributed by atoms with Crippen molar-refractivity contribution in [1.29, 1.82) is 0 Å². The molecule has 2 aromatic carbocycles. The number of hydrogen-bond acceptors (Lipinski definition) is 4. The van der Waals surface area contributed by atoms with E-state index in [0.29, 0.717) is 32.7 Å². The van der Waals surface area contributed by atoms with Gasteiger partial charge in [0.15, 0.2) is 0 Å². The van der Waals surface area contributed by atoms with Crippen molar-refractivity contribution in [3.63, 3.8) is 0 Å². The lowest BCUT2D eigenvalue weighted by Crippen LogP contribution is -2.53. The van der Waals surface area contributed by atoms with Gasteiger partial charge >= 0.3 is 6.03 Å². The quantitative estimate of drug-likeness (QED) is 0.657. The van der Waals surface area contributed by atoms with Crippen molar-refractivity contribution in [1.82, 2.24) is 14.7 Å². The maximum atomic E-state index is 13.6. The van der Waals surface area contributed by atoms with Crippen molar-refractivity contribution in [3.8, 4) is 5.75 Å². The molecule has 2 heterocycles. The highest BCUT2D eigenvalue weighted by Crippen LogP contribution is 2.40. The Labute approximate surface area is 206 Å². The van der Waals surface area contributed by atoms with Crippen LogP contribution in [0.15, 0.2) is 54.6 Å². The van der Waals surface area contributed by atoms with Crippen molar-refractivity contribution in [2.24, 2.45) is 5.92 Å². The Kier molecular flexibility index (Phi) is 7.90. The third kappa shape index (κ3) is 5.58. The van der Waals surface area contributed by atoms with Crippen LogP contribution in [0.1, 0.15) is 37.8 Å². The normalized spacial score (nSPS) is 20.2. The molecule has 8 nitrogen and oxygen atoms in total. The van der Waals surface area contributed by atoms with E-state index in [4.69, 9.17) is 4.74 Å². The van der Waals surface area contributed by atoms with Crippen LogP contribution in [0.25, 0.3) is 0 Å². The summed E-state index contributed by atoms with van der Waals surface area (Å²) in [6.07, 6.45) is 2.09. The minimum atomic E-state index is -0.433. The van der Waals surface area contributed by atoms with Gasteiger partial charge in [0.2, 0.25) is 11.8 Å². The number of likely N-dealkylation sites (tertiary alicyclic amines) is 1. The maximum Gasteiger partial charge on any atom is 0.321 e. The fraction of sp³-hybridized carbons (Fsp3) is 0.444. The monoisotopic (exact) mass is 478 g/mol. The first kappa shape index (κ1) is 24.6. The summed E-state index contributed by atoms with van der Waals surface area (Å²) in [6, 6.07) is 16.5. The fourth-order valence-electron chi connectivity index (χ4n) is 4.91. The summed E-state index contributed by atoms with van der Waals surface area (Å²) >= 11 is 0. The van der Waals surface area contributed by atoms with Crippen LogP contribution < -0.4 is 10.1 Å². The molecule has 2 atom stereocenters. The van der Waals surface area contributed by atoms with Gasteiger partial charge in [0, 0.05) is 44.8 Å². The van der Waals surface area contributed by atoms with Gasteiger partial charge < -0.3 is 24.8 Å². The Morgan fingerprint density at radius 1 is 0.971 bits per heavy atom. The van der Waals surface area contributed by atoms with Crippen LogP contribution in [0.2, 0.25) is 0 Å². The molecule has 0 bridgehead atoms. The van der Waals surface area contributed by atoms with Crippen molar-refractivity contribution in [3.05, 3.63) is 60.2 Å². The number of para-hydroxylation sites is 1. The summed E-state index contributed by atoms with van der Waals surface area (Å²) in [4.78, 5) is 44.6. The zero-order chi connectivity index (χ0) is 24.8. The molecule has 8 heteroatoms. The highest BCUT2D eigenvalue weighted by atomic mass is 16.5. The number of anilines is 1. The second-order valence-corrected chi connectivity index (χ2v) is 9.08. The molecular formula is C27H34N4O4. The van der Waals surface area contributed by atoms with Gasteiger partial charge in [0.1, 0.15) is 5.75 Å². The smallest absolute Gasteiger partial charge is 0.321 e. The van der Waals surface area contributed by atoms with Crippen molar-refractivity contribution >= 4 is 23.5 Å². The van der Waals surface area contributed by atoms with Crippen LogP contribution in [0.5, 0.6) is 5.75 Å². The Balaban J connectivity index is 1.44. The molecule has 1 N–H and O–H groups in total. The van der Waals surface area contributed by atoms with E-state index >= 15 is 0 Å². The molecule has 2 saturated heterocycles. The molecule has 0 unspecified atom stereocenters. The molecule has 186 valence electrons. The SMILES string of the molecule is CCCCN1C(=O)C[C@@H](C(=O)N2CCN(C(=O)Nc3ccccc3)CC2)[C@H]1c1ccc(OC)cc1. The third-order valence-corrected chi connectivity index (χ3v) is 6.86. The molecule has 35 heavy (non-hydrogen) atoms. The Bertz CT molecular complexity index is 1020. The number of rotatable bonds is 7. The minimum Gasteiger partial charge on any atom is -0.497 e. The molecule has 0 spiro atoms. The largest absolute Gasteiger partial charge is 0.497 e. The molecular weight excluding hydrogens is 444 g/mol. The molecule has 2 aliphatic rings. The van der Waals surface area contributed by atoms with Gasteiger partial charge in [0.05, 0.1) is 19.1 Å². The molecule has 2 aromatic rings. The molecule has 0 saturated carbocycles. The van der Waals surface area contributed by atoms with E-state index in [0.717, 1.165) is 29.8 Å². The molecule has 0 radical (unpaired) electrons. The lowest BCUT2D eigenvalue weighted by atomic mass is 9.92. The van der Waals surface area contributed by atoms with Crippen LogP contribution in [0.3, 0.4) is 0 Å². The first-order valence-corrected chi connectivity index (χ1v) is 12.3. The van der Waals surface area contributed by atoms with Crippen LogP contribution in [-0.2, 0) is 9.59 Å². The minimum absolute atomic E-state index is 0.0127. The second-order valence-electron chi connectivity index (χ2n) is 9.08. The maximum absolute atomic E-state index is 13.6. The van der Waals surface area contributed by atoms with Gasteiger partial charge in [-0.1, -0.05) is 43.7 Å². The number of amides is 4. The van der Waals surface area contributed by atoms with Crippen molar-refractivity contribution < 1.29 is 19.1 Å². The lowest BCUT2D eigenvalue weighted by molar-refractivity contribution is -0.138. The van der Waals surface area contributed by atoms with Gasteiger partial charge in [-0.3, -0.25) is 9.59 Å². The highest BCUT2D eigenvalue weighted by Gasteiger charge is 2.46. The summed E-state index contributed by atoms with van der Waals surface area (Å²) in [5.41, 5.74) is 1.70. The van der Waals surface area contributed by atoms with Gasteiger partial charge in [0.25, 0.3) is 0 Å². The number of methoxy groups -OCH3 is 1. The number of nitrogens with zero attached hydrogens (tertiary/aromatic N) is 3. The van der Waals surface area contributed by atoms with E-state index in [1.54, 1.807) is 12.0 Å². The third-order valence-electron chi connectivity index (χ3n) is 6.86. The number of urea groups is 1. The standard InChI is InChI=1S/C27H34N4O4/c1-3-4-14-31-24(32)19-23(25(31)20-10-12-22(35-2)13-11-20)26(33)29-15-17-30(18-16-29)27(34)28-21-8-6-5-7-9-21/h5-13,23,25H,3-4,14-19H2,1-2H3,(H,28,34)/t23-,25-/m1/s1. The molecule has 4 rings (SSSR count). The fourth-order valence-corrected chi connectivity index (χ4v) is 4.91. The molecule has 2 fully saturated rings. The Morgan fingerprint density at radius 2 is 1.63 bits per heavy atom. The number of carbonyl (C=O) groups is 3. The number of piperazine rings is 1. The predicted molar refractivity (Wildman–Crippen MR) is 134 cm³/mol. The van der Waals surface area contributed by atoms with Gasteiger partial charge in [-0.05, 0) is 36.2 Å².